The largest absolute Gasteiger partial charge is 0.485 e. The molecular formula is C17H18F3N3O. The molecule has 24 heavy (non-hydrogen) atoms. The van der Waals surface area contributed by atoms with E-state index in [0.717, 1.165) is 0 Å². The van der Waals surface area contributed by atoms with E-state index < -0.39 is 6.30 Å². The van der Waals surface area contributed by atoms with Crippen molar-refractivity contribution in [2.75, 3.05) is 4.90 Å². The standard InChI is InChI=1S/C17H18F3N3O/c1-11-8-9-14(16(21)22-24)12(2)15(11)23(17(18,19)20)10-13-6-4-3-5-7-13/h3-9,24H,10H2,1-2H3,(H2,21,22). The highest BCUT2D eigenvalue weighted by molar-refractivity contribution is 6.00. The van der Waals surface area contributed by atoms with Crippen molar-refractivity contribution in [2.24, 2.45) is 10.9 Å². The number of nitrogens with two attached hydrogens (primary N) is 1. The lowest BCUT2D eigenvalue weighted by Gasteiger charge is -2.30. The molecule has 0 unspecified atom stereocenters. The van der Waals surface area contributed by atoms with Crippen molar-refractivity contribution in [3.63, 3.8) is 0 Å². The van der Waals surface area contributed by atoms with Crippen LogP contribution in [0.1, 0.15) is 22.3 Å². The first-order valence-electron chi connectivity index (χ1n) is 7.22. The molecule has 0 aromatic heterocycles. The summed E-state index contributed by atoms with van der Waals surface area (Å²) in [5.41, 5.74) is 7.14. The lowest BCUT2D eigenvalue weighted by molar-refractivity contribution is -0.130. The van der Waals surface area contributed by atoms with Crippen LogP contribution in [0.5, 0.6) is 0 Å². The van der Waals surface area contributed by atoms with Crippen LogP contribution in [0.2, 0.25) is 0 Å². The zero-order valence-corrected chi connectivity index (χ0v) is 13.3. The molecule has 0 bridgehead atoms. The van der Waals surface area contributed by atoms with Gasteiger partial charge in [-0.3, -0.25) is 4.90 Å². The zero-order chi connectivity index (χ0) is 17.9. The molecule has 0 spiro atoms. The van der Waals surface area contributed by atoms with Crippen molar-refractivity contribution in [2.45, 2.75) is 26.7 Å². The molecule has 0 aliphatic heterocycles. The molecule has 128 valence electrons. The number of hydrogen-bond donors (Lipinski definition) is 2. The summed E-state index contributed by atoms with van der Waals surface area (Å²) in [4.78, 5) is 0.376. The van der Waals surface area contributed by atoms with Gasteiger partial charge in [-0.25, -0.2) is 0 Å². The van der Waals surface area contributed by atoms with E-state index in [0.29, 0.717) is 21.6 Å². The van der Waals surface area contributed by atoms with Gasteiger partial charge in [0.25, 0.3) is 0 Å². The average Bonchev–Trinajstić information content (AvgIpc) is 2.53. The van der Waals surface area contributed by atoms with Gasteiger partial charge in [0.05, 0.1) is 12.2 Å². The second kappa shape index (κ2) is 6.82. The van der Waals surface area contributed by atoms with Crippen LogP contribution in [0, 0.1) is 13.8 Å². The van der Waals surface area contributed by atoms with Crippen LogP contribution in [0.4, 0.5) is 18.9 Å². The summed E-state index contributed by atoms with van der Waals surface area (Å²) >= 11 is 0. The monoisotopic (exact) mass is 337 g/mol. The highest BCUT2D eigenvalue weighted by Gasteiger charge is 2.39. The first kappa shape index (κ1) is 17.7. The quantitative estimate of drug-likeness (QED) is 0.292. The van der Waals surface area contributed by atoms with E-state index in [1.54, 1.807) is 43.3 Å². The van der Waals surface area contributed by atoms with E-state index in [4.69, 9.17) is 10.9 Å². The summed E-state index contributed by atoms with van der Waals surface area (Å²) in [5.74, 6) is -0.226. The Morgan fingerprint density at radius 1 is 1.12 bits per heavy atom. The molecule has 0 aliphatic carbocycles. The molecule has 0 heterocycles. The van der Waals surface area contributed by atoms with Crippen LogP contribution in [0.25, 0.3) is 0 Å². The van der Waals surface area contributed by atoms with Gasteiger partial charge in [-0.15, -0.1) is 0 Å². The minimum Gasteiger partial charge on any atom is -0.409 e. The predicted molar refractivity (Wildman–Crippen MR) is 87.1 cm³/mol. The minimum atomic E-state index is -4.57. The lowest BCUT2D eigenvalue weighted by Crippen LogP contribution is -2.38. The van der Waals surface area contributed by atoms with Gasteiger partial charge in [0, 0.05) is 5.56 Å². The van der Waals surface area contributed by atoms with Gasteiger partial charge in [0.15, 0.2) is 5.84 Å². The van der Waals surface area contributed by atoms with Gasteiger partial charge in [0.1, 0.15) is 0 Å². The molecule has 2 rings (SSSR count). The highest BCUT2D eigenvalue weighted by Crippen LogP contribution is 2.36. The maximum Gasteiger partial charge on any atom is 0.485 e. The predicted octanol–water partition coefficient (Wildman–Crippen LogP) is 3.92. The Labute approximate surface area is 138 Å². The van der Waals surface area contributed by atoms with Gasteiger partial charge < -0.3 is 10.9 Å². The van der Waals surface area contributed by atoms with Crippen LogP contribution in [0.15, 0.2) is 47.6 Å². The molecule has 3 N–H and O–H groups in total. The number of anilines is 1. The fourth-order valence-corrected chi connectivity index (χ4v) is 2.64. The molecule has 0 amide bonds. The van der Waals surface area contributed by atoms with Crippen molar-refractivity contribution in [3.8, 4) is 0 Å². The van der Waals surface area contributed by atoms with Crippen molar-refractivity contribution >= 4 is 11.5 Å². The zero-order valence-electron chi connectivity index (χ0n) is 13.3. The van der Waals surface area contributed by atoms with Crippen LogP contribution in [-0.2, 0) is 6.54 Å². The highest BCUT2D eigenvalue weighted by atomic mass is 19.4. The number of nitrogens with zero attached hydrogens (tertiary/aromatic N) is 2. The Morgan fingerprint density at radius 3 is 2.29 bits per heavy atom. The molecule has 7 heteroatoms. The Hall–Kier alpha value is -2.70. The number of alkyl halides is 3. The molecule has 0 atom stereocenters. The fraction of sp³-hybridized carbons (Fsp3) is 0.235. The van der Waals surface area contributed by atoms with E-state index in [-0.39, 0.29) is 23.6 Å². The summed E-state index contributed by atoms with van der Waals surface area (Å²) in [6.45, 7) is 2.80. The van der Waals surface area contributed by atoms with Crippen molar-refractivity contribution < 1.29 is 18.4 Å². The van der Waals surface area contributed by atoms with Crippen LogP contribution < -0.4 is 10.6 Å². The van der Waals surface area contributed by atoms with Crippen molar-refractivity contribution in [3.05, 3.63) is 64.7 Å². The normalized spacial score (nSPS) is 12.3. The molecular weight excluding hydrogens is 319 g/mol. The number of oxime groups is 1. The maximum absolute atomic E-state index is 13.7. The van der Waals surface area contributed by atoms with Crippen molar-refractivity contribution in [1.29, 1.82) is 0 Å². The minimum absolute atomic E-state index is 0.00968. The number of amidine groups is 1. The third kappa shape index (κ3) is 3.61. The number of rotatable bonds is 4. The Kier molecular flexibility index (Phi) is 5.02. The first-order valence-corrected chi connectivity index (χ1v) is 7.22. The van der Waals surface area contributed by atoms with Gasteiger partial charge >= 0.3 is 6.30 Å². The number of halogens is 3. The summed E-state index contributed by atoms with van der Waals surface area (Å²) < 4.78 is 41.0. The Balaban J connectivity index is 2.58. The molecule has 0 aliphatic rings. The van der Waals surface area contributed by atoms with Gasteiger partial charge in [-0.1, -0.05) is 47.6 Å². The summed E-state index contributed by atoms with van der Waals surface area (Å²) in [6, 6.07) is 11.5. The lowest BCUT2D eigenvalue weighted by atomic mass is 10.0. The van der Waals surface area contributed by atoms with E-state index in [2.05, 4.69) is 5.16 Å². The first-order chi connectivity index (χ1) is 11.3. The Bertz CT molecular complexity index is 743. The van der Waals surface area contributed by atoms with Gasteiger partial charge in [-0.2, -0.15) is 13.2 Å². The van der Waals surface area contributed by atoms with Crippen LogP contribution in [0.3, 0.4) is 0 Å². The van der Waals surface area contributed by atoms with Crippen molar-refractivity contribution in [1.82, 2.24) is 0 Å². The SMILES string of the molecule is Cc1ccc(C(N)=NO)c(C)c1N(Cc1ccccc1)C(F)(F)F. The number of benzene rings is 2. The van der Waals surface area contributed by atoms with E-state index in [1.807, 2.05) is 0 Å². The molecule has 0 saturated heterocycles. The second-order valence-corrected chi connectivity index (χ2v) is 5.43. The van der Waals surface area contributed by atoms with E-state index >= 15 is 0 Å². The number of aryl methyl sites for hydroxylation is 1. The summed E-state index contributed by atoms with van der Waals surface area (Å²) in [5, 5.41) is 11.7. The molecule has 0 radical (unpaired) electrons. The third-order valence-corrected chi connectivity index (χ3v) is 3.78. The van der Waals surface area contributed by atoms with Gasteiger partial charge in [-0.05, 0) is 30.5 Å². The Morgan fingerprint density at radius 2 is 1.75 bits per heavy atom. The van der Waals surface area contributed by atoms with Crippen LogP contribution in [-0.4, -0.2) is 17.3 Å². The number of hydrogen-bond acceptors (Lipinski definition) is 3. The topological polar surface area (TPSA) is 61.9 Å². The third-order valence-electron chi connectivity index (χ3n) is 3.78. The smallest absolute Gasteiger partial charge is 0.409 e. The van der Waals surface area contributed by atoms with Crippen LogP contribution >= 0.6 is 0 Å². The summed E-state index contributed by atoms with van der Waals surface area (Å²) in [7, 11) is 0. The molecule has 0 saturated carbocycles. The second-order valence-electron chi connectivity index (χ2n) is 5.43. The van der Waals surface area contributed by atoms with E-state index in [9.17, 15) is 13.2 Å². The summed E-state index contributed by atoms with van der Waals surface area (Å²) in [6.07, 6.45) is -4.57. The molecule has 4 nitrogen and oxygen atoms in total. The molecule has 0 fully saturated rings. The maximum atomic E-state index is 13.7. The fourth-order valence-electron chi connectivity index (χ4n) is 2.64. The van der Waals surface area contributed by atoms with E-state index in [1.165, 1.54) is 13.0 Å². The molecule has 2 aromatic carbocycles. The average molecular weight is 337 g/mol. The van der Waals surface area contributed by atoms with Gasteiger partial charge in [0.2, 0.25) is 0 Å². The molecule has 2 aromatic rings.